The maximum absolute atomic E-state index is 12.6. The molecular weight excluding hydrogens is 300 g/mol. The average Bonchev–Trinajstić information content (AvgIpc) is 2.59. The molecule has 0 saturated heterocycles. The zero-order valence-electron chi connectivity index (χ0n) is 14.0. The van der Waals surface area contributed by atoms with Gasteiger partial charge in [-0.15, -0.1) is 0 Å². The molecule has 2 aromatic rings. The van der Waals surface area contributed by atoms with Crippen molar-refractivity contribution in [2.75, 3.05) is 18.4 Å². The van der Waals surface area contributed by atoms with Crippen molar-refractivity contribution in [2.45, 2.75) is 13.8 Å². The van der Waals surface area contributed by atoms with E-state index in [1.54, 1.807) is 29.2 Å². The average molecular weight is 322 g/mol. The fraction of sp³-hybridized carbons (Fsp3) is 0.200. The van der Waals surface area contributed by atoms with Crippen molar-refractivity contribution in [3.05, 3.63) is 71.8 Å². The summed E-state index contributed by atoms with van der Waals surface area (Å²) in [5, 5.41) is 2.69. The number of nitrogens with zero attached hydrogens (tertiary/aromatic N) is 1. The summed E-state index contributed by atoms with van der Waals surface area (Å²) >= 11 is 0. The smallest absolute Gasteiger partial charge is 0.254 e. The van der Waals surface area contributed by atoms with E-state index in [1.807, 2.05) is 49.4 Å². The van der Waals surface area contributed by atoms with Gasteiger partial charge in [0.2, 0.25) is 5.91 Å². The topological polar surface area (TPSA) is 49.4 Å². The van der Waals surface area contributed by atoms with Crippen molar-refractivity contribution in [3.8, 4) is 0 Å². The van der Waals surface area contributed by atoms with Crippen molar-refractivity contribution in [1.82, 2.24) is 4.90 Å². The molecule has 0 aromatic heterocycles. The molecule has 1 N–H and O–H groups in total. The molecule has 2 rings (SSSR count). The van der Waals surface area contributed by atoms with Crippen LogP contribution in [0.15, 0.2) is 60.7 Å². The van der Waals surface area contributed by atoms with Crippen LogP contribution in [0.3, 0.4) is 0 Å². The van der Waals surface area contributed by atoms with Crippen LogP contribution in [-0.4, -0.2) is 29.8 Å². The van der Waals surface area contributed by atoms with Crippen LogP contribution in [0.4, 0.5) is 5.69 Å². The summed E-state index contributed by atoms with van der Waals surface area (Å²) in [6, 6.07) is 16.9. The Bertz CT molecular complexity index is 706. The summed E-state index contributed by atoms with van der Waals surface area (Å²) in [7, 11) is 0. The first kappa shape index (κ1) is 17.5. The number of hydrogen-bond acceptors (Lipinski definition) is 2. The zero-order valence-corrected chi connectivity index (χ0v) is 14.0. The standard InChI is InChI=1S/C20H22N2O2/c1-3-22(15-7-10-17-8-5-4-6-9-17)20(24)18-11-13-19(14-12-18)21-16(2)23/h4-14H,3,15H2,1-2H3,(H,21,23)/b10-7+. The summed E-state index contributed by atoms with van der Waals surface area (Å²) in [6.45, 7) is 4.60. The number of likely N-dealkylation sites (N-methyl/N-ethyl adjacent to an activating group) is 1. The first-order valence-corrected chi connectivity index (χ1v) is 7.98. The van der Waals surface area contributed by atoms with Gasteiger partial charge >= 0.3 is 0 Å². The van der Waals surface area contributed by atoms with E-state index < -0.39 is 0 Å². The second-order valence-corrected chi connectivity index (χ2v) is 5.42. The predicted octanol–water partition coefficient (Wildman–Crippen LogP) is 3.82. The third kappa shape index (κ3) is 5.09. The maximum Gasteiger partial charge on any atom is 0.254 e. The van der Waals surface area contributed by atoms with E-state index >= 15 is 0 Å². The fourth-order valence-corrected chi connectivity index (χ4v) is 2.32. The van der Waals surface area contributed by atoms with E-state index in [0.29, 0.717) is 24.3 Å². The van der Waals surface area contributed by atoms with Gasteiger partial charge in [-0.2, -0.15) is 0 Å². The van der Waals surface area contributed by atoms with Crippen molar-refractivity contribution < 1.29 is 9.59 Å². The Morgan fingerprint density at radius 1 is 1.04 bits per heavy atom. The lowest BCUT2D eigenvalue weighted by molar-refractivity contribution is -0.114. The Morgan fingerprint density at radius 2 is 1.71 bits per heavy atom. The van der Waals surface area contributed by atoms with Crippen LogP contribution in [0.5, 0.6) is 0 Å². The summed E-state index contributed by atoms with van der Waals surface area (Å²) in [5.74, 6) is -0.153. The summed E-state index contributed by atoms with van der Waals surface area (Å²) in [4.78, 5) is 25.4. The van der Waals surface area contributed by atoms with Gasteiger partial charge in [-0.25, -0.2) is 0 Å². The number of anilines is 1. The van der Waals surface area contributed by atoms with Gasteiger partial charge in [-0.05, 0) is 36.8 Å². The molecule has 2 amide bonds. The minimum atomic E-state index is -0.129. The Morgan fingerprint density at radius 3 is 2.29 bits per heavy atom. The second-order valence-electron chi connectivity index (χ2n) is 5.42. The third-order valence-corrected chi connectivity index (χ3v) is 3.56. The minimum absolute atomic E-state index is 0.0235. The SMILES string of the molecule is CCN(C/C=C/c1ccccc1)C(=O)c1ccc(NC(C)=O)cc1. The van der Waals surface area contributed by atoms with E-state index in [-0.39, 0.29) is 11.8 Å². The number of nitrogens with one attached hydrogen (secondary N) is 1. The lowest BCUT2D eigenvalue weighted by atomic mass is 10.1. The molecular formula is C20H22N2O2. The normalized spacial score (nSPS) is 10.6. The molecule has 0 bridgehead atoms. The van der Waals surface area contributed by atoms with Gasteiger partial charge in [-0.3, -0.25) is 9.59 Å². The molecule has 24 heavy (non-hydrogen) atoms. The Kier molecular flexibility index (Phi) is 6.32. The highest BCUT2D eigenvalue weighted by Crippen LogP contribution is 2.12. The lowest BCUT2D eigenvalue weighted by Gasteiger charge is -2.19. The summed E-state index contributed by atoms with van der Waals surface area (Å²) in [6.07, 6.45) is 4.00. The highest BCUT2D eigenvalue weighted by molar-refractivity contribution is 5.95. The minimum Gasteiger partial charge on any atom is -0.335 e. The molecule has 4 nitrogen and oxygen atoms in total. The van der Waals surface area contributed by atoms with Crippen molar-refractivity contribution in [3.63, 3.8) is 0 Å². The summed E-state index contributed by atoms with van der Waals surface area (Å²) in [5.41, 5.74) is 2.41. The Hall–Kier alpha value is -2.88. The largest absolute Gasteiger partial charge is 0.335 e. The zero-order chi connectivity index (χ0) is 17.4. The van der Waals surface area contributed by atoms with Gasteiger partial charge in [0.15, 0.2) is 0 Å². The molecule has 0 aliphatic heterocycles. The highest BCUT2D eigenvalue weighted by Gasteiger charge is 2.12. The van der Waals surface area contributed by atoms with E-state index in [2.05, 4.69) is 5.32 Å². The van der Waals surface area contributed by atoms with E-state index in [4.69, 9.17) is 0 Å². The predicted molar refractivity (Wildman–Crippen MR) is 97.8 cm³/mol. The number of amides is 2. The molecule has 0 atom stereocenters. The van der Waals surface area contributed by atoms with Gasteiger partial charge in [0.05, 0.1) is 0 Å². The number of hydrogen-bond donors (Lipinski definition) is 1. The van der Waals surface area contributed by atoms with Gasteiger partial charge in [0.1, 0.15) is 0 Å². The van der Waals surface area contributed by atoms with E-state index in [9.17, 15) is 9.59 Å². The van der Waals surface area contributed by atoms with Crippen molar-refractivity contribution in [2.24, 2.45) is 0 Å². The number of carbonyl (C=O) groups excluding carboxylic acids is 2. The van der Waals surface area contributed by atoms with Crippen molar-refractivity contribution >= 4 is 23.6 Å². The van der Waals surface area contributed by atoms with Crippen LogP contribution in [-0.2, 0) is 4.79 Å². The molecule has 0 heterocycles. The van der Waals surface area contributed by atoms with Crippen molar-refractivity contribution in [1.29, 1.82) is 0 Å². The quantitative estimate of drug-likeness (QED) is 0.879. The first-order chi connectivity index (χ1) is 11.6. The van der Waals surface area contributed by atoms with Crippen LogP contribution in [0.1, 0.15) is 29.8 Å². The van der Waals surface area contributed by atoms with E-state index in [1.165, 1.54) is 6.92 Å². The monoisotopic (exact) mass is 322 g/mol. The molecule has 0 spiro atoms. The van der Waals surface area contributed by atoms with Crippen LogP contribution in [0.25, 0.3) is 6.08 Å². The number of benzene rings is 2. The van der Waals surface area contributed by atoms with Gasteiger partial charge in [0, 0.05) is 31.3 Å². The van der Waals surface area contributed by atoms with Crippen LogP contribution in [0, 0.1) is 0 Å². The molecule has 2 aromatic carbocycles. The van der Waals surface area contributed by atoms with Gasteiger partial charge in [0.25, 0.3) is 5.91 Å². The maximum atomic E-state index is 12.6. The molecule has 0 saturated carbocycles. The van der Waals surface area contributed by atoms with Gasteiger partial charge < -0.3 is 10.2 Å². The van der Waals surface area contributed by atoms with Crippen LogP contribution in [0.2, 0.25) is 0 Å². The molecule has 0 aliphatic rings. The Labute approximate surface area is 142 Å². The molecule has 0 unspecified atom stereocenters. The molecule has 124 valence electrons. The van der Waals surface area contributed by atoms with Gasteiger partial charge in [-0.1, -0.05) is 42.5 Å². The number of carbonyl (C=O) groups is 2. The van der Waals surface area contributed by atoms with Crippen LogP contribution < -0.4 is 5.32 Å². The molecule has 0 radical (unpaired) electrons. The highest BCUT2D eigenvalue weighted by atomic mass is 16.2. The second kappa shape index (κ2) is 8.67. The third-order valence-electron chi connectivity index (χ3n) is 3.56. The lowest BCUT2D eigenvalue weighted by Crippen LogP contribution is -2.30. The van der Waals surface area contributed by atoms with E-state index in [0.717, 1.165) is 5.56 Å². The number of rotatable bonds is 6. The molecule has 0 fully saturated rings. The molecule has 0 aliphatic carbocycles. The Balaban J connectivity index is 2.00. The molecule has 4 heteroatoms. The first-order valence-electron chi connectivity index (χ1n) is 7.98. The van der Waals surface area contributed by atoms with Crippen LogP contribution >= 0.6 is 0 Å². The summed E-state index contributed by atoms with van der Waals surface area (Å²) < 4.78 is 0. The fourth-order valence-electron chi connectivity index (χ4n) is 2.32.